The molecule has 0 bridgehead atoms. The lowest BCUT2D eigenvalue weighted by atomic mass is 10.0. The van der Waals surface area contributed by atoms with Crippen molar-refractivity contribution in [2.75, 3.05) is 39.6 Å². The van der Waals surface area contributed by atoms with Crippen molar-refractivity contribution in [2.24, 2.45) is 0 Å². The predicted molar refractivity (Wildman–Crippen MR) is 156 cm³/mol. The van der Waals surface area contributed by atoms with Gasteiger partial charge in [0, 0.05) is 17.0 Å². The molecule has 12 heteroatoms. The Morgan fingerprint density at radius 3 is 2.32 bits per heavy atom. The van der Waals surface area contributed by atoms with E-state index in [9.17, 15) is 28.2 Å². The number of rotatable bonds is 19. The maximum Gasteiger partial charge on any atom is 0.573 e. The molecule has 0 saturated carbocycles. The van der Waals surface area contributed by atoms with Gasteiger partial charge in [0.25, 0.3) is 0 Å². The van der Waals surface area contributed by atoms with E-state index in [0.29, 0.717) is 23.1 Å². The van der Waals surface area contributed by atoms with Crippen LogP contribution in [0.15, 0.2) is 59.0 Å². The van der Waals surface area contributed by atoms with Crippen LogP contribution in [0.1, 0.15) is 38.7 Å². The van der Waals surface area contributed by atoms with Gasteiger partial charge in [0.1, 0.15) is 48.3 Å². The Hall–Kier alpha value is -3.58. The van der Waals surface area contributed by atoms with Crippen molar-refractivity contribution in [3.05, 3.63) is 60.2 Å². The highest BCUT2D eigenvalue weighted by Crippen LogP contribution is 2.38. The molecule has 1 aromatic heterocycles. The van der Waals surface area contributed by atoms with E-state index in [-0.39, 0.29) is 62.3 Å². The Labute approximate surface area is 254 Å². The number of carbonyl (C=O) groups excluding carboxylic acids is 1. The number of hydrogen-bond donors (Lipinski definition) is 2. The minimum absolute atomic E-state index is 0.0360. The molecule has 1 heterocycles. The van der Waals surface area contributed by atoms with Gasteiger partial charge in [0.2, 0.25) is 0 Å². The fourth-order valence-corrected chi connectivity index (χ4v) is 4.09. The van der Waals surface area contributed by atoms with Crippen LogP contribution in [-0.2, 0) is 25.4 Å². The van der Waals surface area contributed by atoms with Crippen molar-refractivity contribution in [3.63, 3.8) is 0 Å². The van der Waals surface area contributed by atoms with Crippen molar-refractivity contribution < 1.29 is 56.3 Å². The Bertz CT molecular complexity index is 1350. The fraction of sp³-hybridized carbons (Fsp3) is 0.469. The number of furan rings is 1. The molecule has 9 nitrogen and oxygen atoms in total. The van der Waals surface area contributed by atoms with Gasteiger partial charge in [-0.15, -0.1) is 13.2 Å². The van der Waals surface area contributed by atoms with Gasteiger partial charge in [-0.25, -0.2) is 4.79 Å². The van der Waals surface area contributed by atoms with Gasteiger partial charge >= 0.3 is 12.3 Å². The molecule has 0 radical (unpaired) electrons. The van der Waals surface area contributed by atoms with Gasteiger partial charge in [-0.05, 0) is 55.7 Å². The number of aliphatic hydroxyl groups excluding tert-OH is 2. The number of alkyl halides is 3. The van der Waals surface area contributed by atoms with Gasteiger partial charge < -0.3 is 38.3 Å². The first-order valence-electron chi connectivity index (χ1n) is 14.3. The van der Waals surface area contributed by atoms with Gasteiger partial charge in [-0.1, -0.05) is 32.4 Å². The largest absolute Gasteiger partial charge is 0.573 e. The highest BCUT2D eigenvalue weighted by Gasteiger charge is 2.33. The van der Waals surface area contributed by atoms with E-state index in [2.05, 4.69) is 18.2 Å². The van der Waals surface area contributed by atoms with Crippen molar-refractivity contribution >= 4 is 16.9 Å². The number of aryl methyl sites for hydroxylation is 1. The Balaban J connectivity index is 1.48. The highest BCUT2D eigenvalue weighted by molar-refractivity contribution is 5.87. The summed E-state index contributed by atoms with van der Waals surface area (Å²) in [4.78, 5) is 11.3. The lowest BCUT2D eigenvalue weighted by Gasteiger charge is -2.14. The molecule has 3 rings (SSSR count). The normalized spacial score (nSPS) is 13.1. The molecule has 0 amide bonds. The van der Waals surface area contributed by atoms with E-state index in [1.807, 2.05) is 0 Å². The molecule has 0 fully saturated rings. The summed E-state index contributed by atoms with van der Waals surface area (Å²) in [5, 5.41) is 20.6. The van der Waals surface area contributed by atoms with Crippen LogP contribution in [0, 0.1) is 0 Å². The summed E-state index contributed by atoms with van der Waals surface area (Å²) in [7, 11) is 0. The van der Waals surface area contributed by atoms with E-state index < -0.39 is 24.5 Å². The molecule has 242 valence electrons. The van der Waals surface area contributed by atoms with E-state index in [1.165, 1.54) is 13.0 Å². The summed E-state index contributed by atoms with van der Waals surface area (Å²) in [6.07, 6.45) is -3.30. The number of fused-ring (bicyclic) bond motifs is 1. The standard InChI is InChI=1S/C32H39F3O9/c1-4-5-6-7-22-8-11-27(30(14-22)44-32(33,34)35)29-15-23-9-10-26(16-28(23)43-29)41-19-24(36)17-39-12-13-40-18-25(37)20-42-31(38)21(2)3/h8-11,14-16,24-25,36-37H,2,4-7,12-13,17-20H2,1,3H3. The lowest BCUT2D eigenvalue weighted by molar-refractivity contribution is -0.274. The maximum absolute atomic E-state index is 13.2. The zero-order valence-electron chi connectivity index (χ0n) is 24.9. The third-order valence-electron chi connectivity index (χ3n) is 6.29. The molecule has 3 aromatic rings. The predicted octanol–water partition coefficient (Wildman–Crippen LogP) is 5.98. The van der Waals surface area contributed by atoms with Crippen LogP contribution in [0.4, 0.5) is 13.2 Å². The van der Waals surface area contributed by atoms with Gasteiger partial charge in [0.15, 0.2) is 0 Å². The number of aliphatic hydroxyl groups is 2. The molecular weight excluding hydrogens is 585 g/mol. The van der Waals surface area contributed by atoms with Crippen molar-refractivity contribution in [2.45, 2.75) is 58.1 Å². The number of halogens is 3. The Morgan fingerprint density at radius 2 is 1.66 bits per heavy atom. The average molecular weight is 625 g/mol. The van der Waals surface area contributed by atoms with E-state index in [1.54, 1.807) is 36.4 Å². The molecule has 0 aliphatic heterocycles. The Kier molecular flexibility index (Phi) is 13.5. The van der Waals surface area contributed by atoms with Crippen LogP contribution < -0.4 is 9.47 Å². The highest BCUT2D eigenvalue weighted by atomic mass is 19.4. The van der Waals surface area contributed by atoms with Crippen molar-refractivity contribution in [1.29, 1.82) is 0 Å². The molecular formula is C32H39F3O9. The first-order valence-corrected chi connectivity index (χ1v) is 14.3. The van der Waals surface area contributed by atoms with Crippen LogP contribution in [0.5, 0.6) is 11.5 Å². The van der Waals surface area contributed by atoms with Gasteiger partial charge in [0.05, 0.1) is 32.0 Å². The first kappa shape index (κ1) is 34.9. The topological polar surface area (TPSA) is 117 Å². The van der Waals surface area contributed by atoms with E-state index in [4.69, 9.17) is 23.4 Å². The molecule has 2 atom stereocenters. The van der Waals surface area contributed by atoms with Crippen LogP contribution >= 0.6 is 0 Å². The molecule has 0 saturated heterocycles. The zero-order valence-corrected chi connectivity index (χ0v) is 24.9. The summed E-state index contributed by atoms with van der Waals surface area (Å²) < 4.78 is 70.8. The van der Waals surface area contributed by atoms with Gasteiger partial charge in [-0.3, -0.25) is 0 Å². The quantitative estimate of drug-likeness (QED) is 0.0943. The summed E-state index contributed by atoms with van der Waals surface area (Å²) in [5.74, 6) is -0.312. The van der Waals surface area contributed by atoms with Crippen LogP contribution in [-0.4, -0.2) is 74.4 Å². The lowest BCUT2D eigenvalue weighted by Crippen LogP contribution is -2.26. The summed E-state index contributed by atoms with van der Waals surface area (Å²) in [5.41, 5.74) is 1.55. The second-order valence-corrected chi connectivity index (χ2v) is 10.3. The second-order valence-electron chi connectivity index (χ2n) is 10.3. The molecule has 0 aliphatic carbocycles. The van der Waals surface area contributed by atoms with E-state index in [0.717, 1.165) is 24.8 Å². The number of hydrogen-bond acceptors (Lipinski definition) is 9. The molecule has 2 unspecified atom stereocenters. The SMILES string of the molecule is C=C(C)C(=O)OCC(O)COCCOCC(O)COc1ccc2cc(-c3ccc(CCCCC)cc3OC(F)(F)F)oc2c1. The van der Waals surface area contributed by atoms with Gasteiger partial charge in [-0.2, -0.15) is 0 Å². The smallest absolute Gasteiger partial charge is 0.491 e. The minimum atomic E-state index is -4.85. The summed E-state index contributed by atoms with van der Waals surface area (Å²) in [6.45, 7) is 6.91. The summed E-state index contributed by atoms with van der Waals surface area (Å²) in [6, 6.07) is 11.3. The van der Waals surface area contributed by atoms with Crippen LogP contribution in [0.25, 0.3) is 22.3 Å². The number of esters is 1. The molecule has 2 aromatic carbocycles. The number of ether oxygens (including phenoxy) is 5. The fourth-order valence-electron chi connectivity index (χ4n) is 4.09. The third kappa shape index (κ3) is 11.8. The monoisotopic (exact) mass is 624 g/mol. The minimum Gasteiger partial charge on any atom is -0.491 e. The maximum atomic E-state index is 13.2. The summed E-state index contributed by atoms with van der Waals surface area (Å²) >= 11 is 0. The second kappa shape index (κ2) is 17.0. The molecule has 2 N–H and O–H groups in total. The van der Waals surface area contributed by atoms with E-state index >= 15 is 0 Å². The van der Waals surface area contributed by atoms with Crippen molar-refractivity contribution in [1.82, 2.24) is 0 Å². The molecule has 0 spiro atoms. The number of unbranched alkanes of at least 4 members (excludes halogenated alkanes) is 2. The first-order chi connectivity index (χ1) is 20.9. The molecule has 0 aliphatic rings. The number of benzene rings is 2. The number of carbonyl (C=O) groups is 1. The molecule has 44 heavy (non-hydrogen) atoms. The van der Waals surface area contributed by atoms with Crippen LogP contribution in [0.2, 0.25) is 0 Å². The Morgan fingerprint density at radius 1 is 0.955 bits per heavy atom. The third-order valence-corrected chi connectivity index (χ3v) is 6.29. The average Bonchev–Trinajstić information content (AvgIpc) is 3.39. The zero-order chi connectivity index (χ0) is 32.1. The van der Waals surface area contributed by atoms with Crippen molar-refractivity contribution in [3.8, 4) is 22.8 Å². The van der Waals surface area contributed by atoms with Crippen LogP contribution in [0.3, 0.4) is 0 Å².